The van der Waals surface area contributed by atoms with E-state index in [1.54, 1.807) is 24.3 Å². The Kier molecular flexibility index (Phi) is 7.14. The summed E-state index contributed by atoms with van der Waals surface area (Å²) in [6, 6.07) is 12.9. The van der Waals surface area contributed by atoms with Crippen molar-refractivity contribution < 1.29 is 19.1 Å². The SMILES string of the molecule is O=C1C(=O)N(c2nnc(SCc3ccc(Cl)cc3Cl)s2)C(c2cccs2)/C1=C(/O)c1ccc(F)cc1. The van der Waals surface area contributed by atoms with Crippen LogP contribution in [0.25, 0.3) is 5.76 Å². The smallest absolute Gasteiger partial charge is 0.301 e. The number of thiophene rings is 1. The second kappa shape index (κ2) is 10.3. The maximum absolute atomic E-state index is 13.4. The molecular formula is C24H14Cl2FN3O3S3. The zero-order valence-electron chi connectivity index (χ0n) is 18.0. The van der Waals surface area contributed by atoms with Crippen LogP contribution in [0.2, 0.25) is 10.0 Å². The van der Waals surface area contributed by atoms with Gasteiger partial charge in [-0.1, -0.05) is 58.4 Å². The molecular weight excluding hydrogens is 564 g/mol. The number of carbonyl (C=O) groups is 2. The number of amides is 1. The molecule has 0 saturated carbocycles. The highest BCUT2D eigenvalue weighted by atomic mass is 35.5. The molecule has 1 aliphatic rings. The van der Waals surface area contributed by atoms with Crippen molar-refractivity contribution in [1.82, 2.24) is 10.2 Å². The van der Waals surface area contributed by atoms with Crippen LogP contribution in [0.5, 0.6) is 0 Å². The third-order valence-electron chi connectivity index (χ3n) is 5.34. The van der Waals surface area contributed by atoms with E-state index in [1.807, 2.05) is 11.4 Å². The van der Waals surface area contributed by atoms with Crippen LogP contribution in [0.3, 0.4) is 0 Å². The van der Waals surface area contributed by atoms with Gasteiger partial charge in [-0.05, 0) is 53.4 Å². The van der Waals surface area contributed by atoms with Crippen LogP contribution >= 0.6 is 57.6 Å². The lowest BCUT2D eigenvalue weighted by molar-refractivity contribution is -0.132. The summed E-state index contributed by atoms with van der Waals surface area (Å²) in [4.78, 5) is 28.2. The van der Waals surface area contributed by atoms with Crippen LogP contribution in [0.1, 0.15) is 22.0 Å². The van der Waals surface area contributed by atoms with E-state index in [0.717, 1.165) is 16.9 Å². The number of anilines is 1. The zero-order valence-corrected chi connectivity index (χ0v) is 22.0. The van der Waals surface area contributed by atoms with Crippen LogP contribution in [0, 0.1) is 5.82 Å². The van der Waals surface area contributed by atoms with Crippen LogP contribution < -0.4 is 4.90 Å². The van der Waals surface area contributed by atoms with Crippen molar-refractivity contribution in [2.24, 2.45) is 0 Å². The number of nitrogens with zero attached hydrogens (tertiary/aromatic N) is 3. The molecule has 182 valence electrons. The standard InChI is InChI=1S/C24H14Cl2FN3O3S3/c25-14-6-3-13(16(26)10-14)11-35-24-29-28-23(36-24)30-19(17-2-1-9-34-17)18(21(32)22(30)33)20(31)12-4-7-15(27)8-5-12/h1-10,19,31H,11H2/b20-18-. The number of hydrogen-bond acceptors (Lipinski definition) is 8. The van der Waals surface area contributed by atoms with Gasteiger partial charge >= 0.3 is 5.91 Å². The summed E-state index contributed by atoms with van der Waals surface area (Å²) in [5.74, 6) is -2.05. The number of Topliss-reactive ketones (excluding diaryl/α,β-unsaturated/α-hetero) is 1. The van der Waals surface area contributed by atoms with Gasteiger partial charge in [0.2, 0.25) is 5.13 Å². The highest BCUT2D eigenvalue weighted by Crippen LogP contribution is 2.45. The normalized spacial score (nSPS) is 17.2. The minimum atomic E-state index is -0.897. The molecule has 12 heteroatoms. The molecule has 2 aromatic heterocycles. The minimum Gasteiger partial charge on any atom is -0.507 e. The average molecular weight is 578 g/mol. The van der Waals surface area contributed by atoms with Gasteiger partial charge in [0.15, 0.2) is 4.34 Å². The van der Waals surface area contributed by atoms with Crippen LogP contribution in [0.15, 0.2) is 69.9 Å². The van der Waals surface area contributed by atoms with Gasteiger partial charge < -0.3 is 5.11 Å². The fourth-order valence-corrected chi connectivity index (χ4v) is 6.90. The topological polar surface area (TPSA) is 83.4 Å². The summed E-state index contributed by atoms with van der Waals surface area (Å²) < 4.78 is 14.0. The lowest BCUT2D eigenvalue weighted by Gasteiger charge is -2.20. The number of hydrogen-bond donors (Lipinski definition) is 1. The molecule has 1 atom stereocenters. The molecule has 0 spiro atoms. The van der Waals surface area contributed by atoms with E-state index in [0.29, 0.717) is 25.0 Å². The summed E-state index contributed by atoms with van der Waals surface area (Å²) in [6.45, 7) is 0. The molecule has 36 heavy (non-hydrogen) atoms. The van der Waals surface area contributed by atoms with E-state index in [2.05, 4.69) is 10.2 Å². The number of rotatable bonds is 6. The highest BCUT2D eigenvalue weighted by molar-refractivity contribution is 8.00. The Morgan fingerprint density at radius 1 is 1.11 bits per heavy atom. The molecule has 0 bridgehead atoms. The van der Waals surface area contributed by atoms with E-state index in [1.165, 1.54) is 52.3 Å². The van der Waals surface area contributed by atoms with Crippen molar-refractivity contribution in [3.63, 3.8) is 0 Å². The van der Waals surface area contributed by atoms with Gasteiger partial charge in [0, 0.05) is 26.2 Å². The van der Waals surface area contributed by atoms with E-state index < -0.39 is 23.5 Å². The molecule has 1 N–H and O–H groups in total. The summed E-state index contributed by atoms with van der Waals surface area (Å²) in [6.07, 6.45) is 0. The number of carbonyl (C=O) groups excluding carboxylic acids is 2. The van der Waals surface area contributed by atoms with Gasteiger partial charge in [-0.15, -0.1) is 21.5 Å². The van der Waals surface area contributed by atoms with Crippen molar-refractivity contribution in [3.8, 4) is 0 Å². The fraction of sp³-hybridized carbons (Fsp3) is 0.0833. The van der Waals surface area contributed by atoms with Gasteiger partial charge in [0.05, 0.1) is 5.57 Å². The van der Waals surface area contributed by atoms with Gasteiger partial charge in [0.1, 0.15) is 17.6 Å². The Hall–Kier alpha value is -2.76. The second-order valence-electron chi connectivity index (χ2n) is 7.57. The first kappa shape index (κ1) is 24.9. The van der Waals surface area contributed by atoms with Gasteiger partial charge in [-0.3, -0.25) is 14.5 Å². The van der Waals surface area contributed by atoms with E-state index in [4.69, 9.17) is 23.2 Å². The lowest BCUT2D eigenvalue weighted by Crippen LogP contribution is -2.29. The first-order valence-electron chi connectivity index (χ1n) is 10.3. The van der Waals surface area contributed by atoms with Crippen LogP contribution in [0.4, 0.5) is 9.52 Å². The van der Waals surface area contributed by atoms with Crippen molar-refractivity contribution in [3.05, 3.63) is 97.4 Å². The molecule has 1 aliphatic heterocycles. The first-order valence-corrected chi connectivity index (χ1v) is 13.8. The summed E-state index contributed by atoms with van der Waals surface area (Å²) in [7, 11) is 0. The van der Waals surface area contributed by atoms with Crippen molar-refractivity contribution in [1.29, 1.82) is 0 Å². The predicted octanol–water partition coefficient (Wildman–Crippen LogP) is 6.96. The number of thioether (sulfide) groups is 1. The Morgan fingerprint density at radius 2 is 1.89 bits per heavy atom. The maximum atomic E-state index is 13.4. The summed E-state index contributed by atoms with van der Waals surface area (Å²) in [5, 5.41) is 22.4. The Morgan fingerprint density at radius 3 is 2.58 bits per heavy atom. The van der Waals surface area contributed by atoms with E-state index >= 15 is 0 Å². The Bertz CT molecular complexity index is 1490. The summed E-state index contributed by atoms with van der Waals surface area (Å²) in [5.41, 5.74) is 0.997. The van der Waals surface area contributed by atoms with Crippen LogP contribution in [-0.2, 0) is 15.3 Å². The third-order valence-corrected chi connectivity index (χ3v) is 8.96. The number of ketones is 1. The molecule has 1 amide bonds. The van der Waals surface area contributed by atoms with Gasteiger partial charge in [0.25, 0.3) is 5.78 Å². The molecule has 1 saturated heterocycles. The molecule has 5 rings (SSSR count). The molecule has 0 aliphatic carbocycles. The molecule has 0 radical (unpaired) electrons. The molecule has 3 heterocycles. The Labute approximate surface area is 227 Å². The highest BCUT2D eigenvalue weighted by Gasteiger charge is 2.48. The van der Waals surface area contributed by atoms with E-state index in [-0.39, 0.29) is 22.0 Å². The van der Waals surface area contributed by atoms with Crippen molar-refractivity contribution in [2.75, 3.05) is 4.90 Å². The number of halogens is 3. The minimum absolute atomic E-state index is 0.0913. The third kappa shape index (κ3) is 4.79. The fourth-order valence-electron chi connectivity index (χ4n) is 3.65. The first-order chi connectivity index (χ1) is 17.3. The largest absolute Gasteiger partial charge is 0.507 e. The monoisotopic (exact) mass is 577 g/mol. The quantitative estimate of drug-likeness (QED) is 0.0876. The lowest BCUT2D eigenvalue weighted by atomic mass is 10.00. The van der Waals surface area contributed by atoms with E-state index in [9.17, 15) is 19.1 Å². The molecule has 6 nitrogen and oxygen atoms in total. The van der Waals surface area contributed by atoms with Gasteiger partial charge in [-0.2, -0.15) is 0 Å². The second-order valence-corrected chi connectivity index (χ2v) is 11.6. The Balaban J connectivity index is 1.49. The van der Waals surface area contributed by atoms with Gasteiger partial charge in [-0.25, -0.2) is 4.39 Å². The number of aromatic nitrogens is 2. The molecule has 2 aromatic carbocycles. The number of benzene rings is 2. The molecule has 1 fully saturated rings. The van der Waals surface area contributed by atoms with Crippen molar-refractivity contribution in [2.45, 2.75) is 16.1 Å². The maximum Gasteiger partial charge on any atom is 0.301 e. The predicted molar refractivity (Wildman–Crippen MR) is 141 cm³/mol. The molecule has 1 unspecified atom stereocenters. The van der Waals surface area contributed by atoms with Crippen molar-refractivity contribution >= 4 is 80.2 Å². The number of aliphatic hydroxyl groups excluding tert-OH is 1. The summed E-state index contributed by atoms with van der Waals surface area (Å²) >= 11 is 16.1. The average Bonchev–Trinajstić information content (AvgIpc) is 3.59. The van der Waals surface area contributed by atoms with Crippen LogP contribution in [-0.4, -0.2) is 27.0 Å². The number of aliphatic hydroxyl groups is 1. The zero-order chi connectivity index (χ0) is 25.4. The molecule has 4 aromatic rings.